The number of carbonyl (C=O) groups excluding carboxylic acids is 2. The lowest BCUT2D eigenvalue weighted by molar-refractivity contribution is -0.126. The van der Waals surface area contributed by atoms with E-state index in [0.29, 0.717) is 17.4 Å². The molecule has 1 atom stereocenters. The van der Waals surface area contributed by atoms with E-state index in [2.05, 4.69) is 27.9 Å². The first-order chi connectivity index (χ1) is 16.3. The number of hydrogen-bond acceptors (Lipinski definition) is 6. The second-order valence-electron chi connectivity index (χ2n) is 9.04. The molecule has 9 heteroatoms. The summed E-state index contributed by atoms with van der Waals surface area (Å²) in [5.41, 5.74) is 2.93. The zero-order chi connectivity index (χ0) is 24.2. The molecule has 1 aliphatic rings. The molecule has 180 valence electrons. The lowest BCUT2D eigenvalue weighted by Gasteiger charge is -2.26. The largest absolute Gasteiger partial charge is 0.337 e. The average Bonchev–Trinajstić information content (AvgIpc) is 3.29. The minimum atomic E-state index is -0.215. The first kappa shape index (κ1) is 24.1. The number of thiazole rings is 1. The van der Waals surface area contributed by atoms with Crippen molar-refractivity contribution in [2.75, 3.05) is 39.0 Å². The van der Waals surface area contributed by atoms with Crippen molar-refractivity contribution in [2.24, 2.45) is 0 Å². The van der Waals surface area contributed by atoms with Crippen LogP contribution in [0.4, 0.5) is 5.95 Å². The number of likely N-dealkylation sites (N-methyl/N-ethyl adjacent to an activating group) is 1. The summed E-state index contributed by atoms with van der Waals surface area (Å²) in [6.07, 6.45) is 8.05. The van der Waals surface area contributed by atoms with Crippen molar-refractivity contribution in [1.82, 2.24) is 24.3 Å². The molecule has 34 heavy (non-hydrogen) atoms. The third-order valence-electron chi connectivity index (χ3n) is 6.04. The molecule has 0 aliphatic carbocycles. The summed E-state index contributed by atoms with van der Waals surface area (Å²) >= 11 is 1.36. The van der Waals surface area contributed by atoms with Gasteiger partial charge >= 0.3 is 0 Å². The number of fused-ring (bicyclic) bond motifs is 1. The number of anilines is 1. The number of amides is 2. The fourth-order valence-electron chi connectivity index (χ4n) is 4.39. The van der Waals surface area contributed by atoms with Gasteiger partial charge < -0.3 is 14.4 Å². The molecular weight excluding hydrogens is 448 g/mol. The van der Waals surface area contributed by atoms with Crippen LogP contribution < -0.4 is 5.32 Å². The van der Waals surface area contributed by atoms with Gasteiger partial charge in [-0.25, -0.2) is 9.97 Å². The van der Waals surface area contributed by atoms with Crippen molar-refractivity contribution in [1.29, 1.82) is 0 Å². The van der Waals surface area contributed by atoms with Gasteiger partial charge in [-0.1, -0.05) is 18.2 Å². The quantitative estimate of drug-likeness (QED) is 0.539. The van der Waals surface area contributed by atoms with E-state index in [1.54, 1.807) is 12.3 Å². The topological polar surface area (TPSA) is 83.4 Å². The van der Waals surface area contributed by atoms with Gasteiger partial charge in [0.15, 0.2) is 0 Å². The van der Waals surface area contributed by atoms with Crippen LogP contribution in [0.2, 0.25) is 0 Å². The molecule has 8 nitrogen and oxygen atoms in total. The number of aryl methyl sites for hydroxylation is 2. The van der Waals surface area contributed by atoms with Crippen molar-refractivity contribution >= 4 is 40.1 Å². The van der Waals surface area contributed by atoms with E-state index >= 15 is 0 Å². The van der Waals surface area contributed by atoms with Gasteiger partial charge in [0.2, 0.25) is 11.9 Å². The maximum atomic E-state index is 13.0. The van der Waals surface area contributed by atoms with Gasteiger partial charge in [-0.15, -0.1) is 11.3 Å². The maximum absolute atomic E-state index is 13.0. The number of benzene rings is 1. The fraction of sp³-hybridized carbons (Fsp3) is 0.440. The van der Waals surface area contributed by atoms with Crippen LogP contribution in [0.5, 0.6) is 0 Å². The zero-order valence-electron chi connectivity index (χ0n) is 20.2. The second kappa shape index (κ2) is 10.5. The van der Waals surface area contributed by atoms with E-state index in [9.17, 15) is 9.59 Å². The van der Waals surface area contributed by atoms with Gasteiger partial charge in [0.05, 0.1) is 28.3 Å². The highest BCUT2D eigenvalue weighted by Crippen LogP contribution is 2.32. The van der Waals surface area contributed by atoms with E-state index in [0.717, 1.165) is 54.0 Å². The van der Waals surface area contributed by atoms with Gasteiger partial charge in [0, 0.05) is 25.7 Å². The fourth-order valence-corrected chi connectivity index (χ4v) is 5.07. The number of imidazole rings is 1. The van der Waals surface area contributed by atoms with E-state index in [4.69, 9.17) is 4.98 Å². The van der Waals surface area contributed by atoms with Crippen LogP contribution in [0.15, 0.2) is 36.5 Å². The van der Waals surface area contributed by atoms with Crippen molar-refractivity contribution in [3.63, 3.8) is 0 Å². The molecule has 1 aliphatic heterocycles. The third-order valence-corrected chi connectivity index (χ3v) is 6.95. The Labute approximate surface area is 204 Å². The van der Waals surface area contributed by atoms with Crippen LogP contribution in [0.3, 0.4) is 0 Å². The summed E-state index contributed by atoms with van der Waals surface area (Å²) in [4.78, 5) is 39.4. The molecule has 0 spiro atoms. The van der Waals surface area contributed by atoms with Crippen molar-refractivity contribution < 1.29 is 9.59 Å². The minimum absolute atomic E-state index is 0.0123. The van der Waals surface area contributed by atoms with E-state index in [1.807, 2.05) is 49.0 Å². The standard InChI is InChI=1S/C25H32N6O2S/c1-17-9-7-11-20-23(17)31(25(27-20)28-24(33)21-15-26-18(2)34-21)19-10-5-6-14-30(16-19)22(32)12-8-13-29(3)4/h7-9,11-12,15,19H,5-6,10,13-14,16H2,1-4H3,(H,27,28,33)/t19-/m0/s1. The Morgan fingerprint density at radius 3 is 2.82 bits per heavy atom. The van der Waals surface area contributed by atoms with Crippen LogP contribution in [-0.2, 0) is 4.79 Å². The third kappa shape index (κ3) is 5.37. The lowest BCUT2D eigenvalue weighted by Crippen LogP contribution is -2.34. The summed E-state index contributed by atoms with van der Waals surface area (Å²) < 4.78 is 2.13. The molecule has 3 heterocycles. The molecule has 1 fully saturated rings. The Morgan fingerprint density at radius 1 is 1.26 bits per heavy atom. The molecule has 2 aromatic heterocycles. The van der Waals surface area contributed by atoms with Gasteiger partial charge in [-0.05, 0) is 58.8 Å². The molecule has 1 saturated heterocycles. The van der Waals surface area contributed by atoms with Gasteiger partial charge in [-0.2, -0.15) is 0 Å². The summed E-state index contributed by atoms with van der Waals surface area (Å²) in [6.45, 7) is 5.97. The highest BCUT2D eigenvalue weighted by Gasteiger charge is 2.27. The van der Waals surface area contributed by atoms with Crippen LogP contribution >= 0.6 is 11.3 Å². The van der Waals surface area contributed by atoms with Crippen LogP contribution in [0.25, 0.3) is 11.0 Å². The van der Waals surface area contributed by atoms with E-state index in [1.165, 1.54) is 11.3 Å². The minimum Gasteiger partial charge on any atom is -0.337 e. The number of para-hydroxylation sites is 1. The SMILES string of the molecule is Cc1ncc(C(=O)Nc2nc3cccc(C)c3n2[C@H]2CCCCN(C(=O)C=CCN(C)C)C2)s1. The molecule has 3 aromatic rings. The Balaban J connectivity index is 1.67. The summed E-state index contributed by atoms with van der Waals surface area (Å²) in [5, 5.41) is 3.87. The van der Waals surface area contributed by atoms with Gasteiger partial charge in [0.25, 0.3) is 5.91 Å². The Hall–Kier alpha value is -3.04. The summed E-state index contributed by atoms with van der Waals surface area (Å²) in [5.74, 6) is 0.330. The van der Waals surface area contributed by atoms with Crippen molar-refractivity contribution in [2.45, 2.75) is 39.2 Å². The summed E-state index contributed by atoms with van der Waals surface area (Å²) in [6, 6.07) is 6.02. The number of nitrogens with zero attached hydrogens (tertiary/aromatic N) is 5. The van der Waals surface area contributed by atoms with Crippen molar-refractivity contribution in [3.05, 3.63) is 52.0 Å². The molecule has 0 saturated carbocycles. The first-order valence-corrected chi connectivity index (χ1v) is 12.5. The maximum Gasteiger partial charge on any atom is 0.269 e. The second-order valence-corrected chi connectivity index (χ2v) is 10.3. The number of rotatable bonds is 6. The molecular formula is C25H32N6O2S. The number of nitrogens with one attached hydrogen (secondary N) is 1. The molecule has 1 aromatic carbocycles. The van der Waals surface area contributed by atoms with Gasteiger partial charge in [-0.3, -0.25) is 14.9 Å². The predicted molar refractivity (Wildman–Crippen MR) is 136 cm³/mol. The van der Waals surface area contributed by atoms with Crippen LogP contribution in [-0.4, -0.2) is 69.9 Å². The number of carbonyl (C=O) groups is 2. The first-order valence-electron chi connectivity index (χ1n) is 11.6. The number of likely N-dealkylation sites (tertiary alicyclic amines) is 1. The average molecular weight is 481 g/mol. The highest BCUT2D eigenvalue weighted by atomic mass is 32.1. The zero-order valence-corrected chi connectivity index (χ0v) is 21.1. The lowest BCUT2D eigenvalue weighted by atomic mass is 10.1. The molecule has 0 radical (unpaired) electrons. The number of aromatic nitrogens is 3. The highest BCUT2D eigenvalue weighted by molar-refractivity contribution is 7.13. The Bertz CT molecular complexity index is 1210. The molecule has 0 unspecified atom stereocenters. The Morgan fingerprint density at radius 2 is 2.09 bits per heavy atom. The van der Waals surface area contributed by atoms with E-state index in [-0.39, 0.29) is 17.9 Å². The summed E-state index contributed by atoms with van der Waals surface area (Å²) in [7, 11) is 3.96. The van der Waals surface area contributed by atoms with Crippen LogP contribution in [0, 0.1) is 13.8 Å². The monoisotopic (exact) mass is 480 g/mol. The predicted octanol–water partition coefficient (Wildman–Crippen LogP) is 4.03. The normalized spacial score (nSPS) is 17.0. The molecule has 2 amide bonds. The number of hydrogen-bond donors (Lipinski definition) is 1. The molecule has 1 N–H and O–H groups in total. The van der Waals surface area contributed by atoms with E-state index < -0.39 is 0 Å². The van der Waals surface area contributed by atoms with Gasteiger partial charge in [0.1, 0.15) is 4.88 Å². The molecule has 0 bridgehead atoms. The van der Waals surface area contributed by atoms with Crippen LogP contribution in [0.1, 0.15) is 45.5 Å². The smallest absolute Gasteiger partial charge is 0.269 e. The molecule has 4 rings (SSSR count). The van der Waals surface area contributed by atoms with Crippen molar-refractivity contribution in [3.8, 4) is 0 Å². The Kier molecular flexibility index (Phi) is 7.43.